The summed E-state index contributed by atoms with van der Waals surface area (Å²) < 4.78 is 1.97. The highest BCUT2D eigenvalue weighted by molar-refractivity contribution is 5.89. The molecule has 4 heterocycles. The lowest BCUT2D eigenvalue weighted by molar-refractivity contribution is -0.135. The highest BCUT2D eigenvalue weighted by Crippen LogP contribution is 2.38. The van der Waals surface area contributed by atoms with E-state index in [-0.39, 0.29) is 17.7 Å². The van der Waals surface area contributed by atoms with Crippen LogP contribution in [0.15, 0.2) is 24.5 Å². The molecule has 0 N–H and O–H groups in total. The van der Waals surface area contributed by atoms with E-state index in [9.17, 15) is 9.59 Å². The monoisotopic (exact) mass is 380 g/mol. The molecule has 1 saturated heterocycles. The summed E-state index contributed by atoms with van der Waals surface area (Å²) >= 11 is 0. The van der Waals surface area contributed by atoms with Crippen LogP contribution in [-0.4, -0.2) is 61.0 Å². The molecule has 1 saturated carbocycles. The summed E-state index contributed by atoms with van der Waals surface area (Å²) in [7, 11) is 0. The molecule has 8 nitrogen and oxygen atoms in total. The van der Waals surface area contributed by atoms with Gasteiger partial charge in [-0.2, -0.15) is 5.10 Å². The molecule has 2 aromatic rings. The van der Waals surface area contributed by atoms with E-state index >= 15 is 0 Å². The molecule has 0 bridgehead atoms. The normalized spacial score (nSPS) is 22.3. The van der Waals surface area contributed by atoms with Crippen LogP contribution in [0.1, 0.15) is 42.4 Å². The number of likely N-dealkylation sites (tertiary alicyclic amines) is 1. The third-order valence-electron chi connectivity index (χ3n) is 5.87. The molecule has 2 amide bonds. The first-order chi connectivity index (χ1) is 13.7. The van der Waals surface area contributed by atoms with Crippen molar-refractivity contribution in [3.8, 4) is 0 Å². The van der Waals surface area contributed by atoms with Gasteiger partial charge in [-0.1, -0.05) is 6.07 Å². The van der Waals surface area contributed by atoms with Crippen LogP contribution in [0.25, 0.3) is 0 Å². The van der Waals surface area contributed by atoms with Crippen molar-refractivity contribution in [1.29, 1.82) is 0 Å². The Kier molecular flexibility index (Phi) is 4.33. The Labute approximate surface area is 163 Å². The van der Waals surface area contributed by atoms with Gasteiger partial charge in [0.2, 0.25) is 11.8 Å². The van der Waals surface area contributed by atoms with Crippen molar-refractivity contribution >= 4 is 11.8 Å². The van der Waals surface area contributed by atoms with Crippen LogP contribution in [0, 0.1) is 5.92 Å². The smallest absolute Gasteiger partial charge is 0.228 e. The van der Waals surface area contributed by atoms with Crippen molar-refractivity contribution in [2.45, 2.75) is 44.7 Å². The summed E-state index contributed by atoms with van der Waals surface area (Å²) in [5, 5.41) is 4.63. The van der Waals surface area contributed by atoms with Gasteiger partial charge in [-0.25, -0.2) is 9.67 Å². The van der Waals surface area contributed by atoms with Crippen LogP contribution >= 0.6 is 0 Å². The Balaban J connectivity index is 1.20. The lowest BCUT2D eigenvalue weighted by Crippen LogP contribution is -2.39. The summed E-state index contributed by atoms with van der Waals surface area (Å²) in [5.41, 5.74) is 0.988. The molecule has 5 rings (SSSR count). The maximum Gasteiger partial charge on any atom is 0.228 e. The maximum atomic E-state index is 13.0. The van der Waals surface area contributed by atoms with Gasteiger partial charge < -0.3 is 9.80 Å². The number of carbonyl (C=O) groups excluding carboxylic acids is 2. The molecular formula is C20H24N6O2. The van der Waals surface area contributed by atoms with E-state index < -0.39 is 0 Å². The van der Waals surface area contributed by atoms with Crippen molar-refractivity contribution < 1.29 is 9.59 Å². The molecule has 2 aliphatic heterocycles. The van der Waals surface area contributed by atoms with Gasteiger partial charge in [0.1, 0.15) is 5.82 Å². The summed E-state index contributed by atoms with van der Waals surface area (Å²) in [4.78, 5) is 37.9. The van der Waals surface area contributed by atoms with Gasteiger partial charge in [-0.3, -0.25) is 14.6 Å². The number of rotatable bonds is 4. The molecule has 2 fully saturated rings. The number of pyridine rings is 1. The molecule has 3 aliphatic rings. The van der Waals surface area contributed by atoms with Gasteiger partial charge in [0.05, 0.1) is 12.5 Å². The van der Waals surface area contributed by atoms with Gasteiger partial charge in [-0.05, 0) is 24.5 Å². The Morgan fingerprint density at radius 1 is 1.21 bits per heavy atom. The Morgan fingerprint density at radius 3 is 2.89 bits per heavy atom. The third kappa shape index (κ3) is 3.39. The molecule has 1 atom stereocenters. The van der Waals surface area contributed by atoms with E-state index in [0.717, 1.165) is 23.6 Å². The van der Waals surface area contributed by atoms with E-state index in [2.05, 4.69) is 15.1 Å². The first-order valence-corrected chi connectivity index (χ1v) is 10.1. The van der Waals surface area contributed by atoms with Crippen LogP contribution in [0.3, 0.4) is 0 Å². The van der Waals surface area contributed by atoms with E-state index in [4.69, 9.17) is 0 Å². The first kappa shape index (κ1) is 17.3. The van der Waals surface area contributed by atoms with E-state index in [1.54, 1.807) is 17.3 Å². The Morgan fingerprint density at radius 2 is 2.11 bits per heavy atom. The number of fused-ring (bicyclic) bond motifs is 1. The SMILES string of the molecule is O=C1CC(C(=O)N2CCc3nc(C4CC4)nn3CC2)CN1Cc1cccnc1. The third-order valence-corrected chi connectivity index (χ3v) is 5.87. The highest BCUT2D eigenvalue weighted by atomic mass is 16.2. The van der Waals surface area contributed by atoms with Gasteiger partial charge in [0.15, 0.2) is 5.82 Å². The second kappa shape index (κ2) is 7.00. The number of hydrogen-bond donors (Lipinski definition) is 0. The second-order valence-corrected chi connectivity index (χ2v) is 8.00. The minimum absolute atomic E-state index is 0.0423. The van der Waals surface area contributed by atoms with E-state index in [1.807, 2.05) is 21.7 Å². The molecule has 1 unspecified atom stereocenters. The number of hydrogen-bond acceptors (Lipinski definition) is 5. The predicted octanol–water partition coefficient (Wildman–Crippen LogP) is 0.984. The fraction of sp³-hybridized carbons (Fsp3) is 0.550. The molecule has 8 heteroatoms. The van der Waals surface area contributed by atoms with E-state index in [0.29, 0.717) is 45.1 Å². The molecule has 28 heavy (non-hydrogen) atoms. The lowest BCUT2D eigenvalue weighted by atomic mass is 10.1. The predicted molar refractivity (Wildman–Crippen MR) is 100 cm³/mol. The molecule has 2 aromatic heterocycles. The van der Waals surface area contributed by atoms with Crippen LogP contribution in [0.4, 0.5) is 0 Å². The van der Waals surface area contributed by atoms with Crippen LogP contribution in [0.5, 0.6) is 0 Å². The van der Waals surface area contributed by atoms with Crippen LogP contribution < -0.4 is 0 Å². The van der Waals surface area contributed by atoms with Crippen molar-refractivity contribution in [1.82, 2.24) is 29.5 Å². The first-order valence-electron chi connectivity index (χ1n) is 10.1. The highest BCUT2D eigenvalue weighted by Gasteiger charge is 2.37. The molecule has 0 radical (unpaired) electrons. The number of nitrogens with zero attached hydrogens (tertiary/aromatic N) is 6. The van der Waals surface area contributed by atoms with Crippen molar-refractivity contribution in [3.63, 3.8) is 0 Å². The topological polar surface area (TPSA) is 84.2 Å². The zero-order valence-corrected chi connectivity index (χ0v) is 15.8. The summed E-state index contributed by atoms with van der Waals surface area (Å²) in [6.45, 7) is 2.96. The number of aromatic nitrogens is 4. The van der Waals surface area contributed by atoms with Crippen molar-refractivity contribution in [3.05, 3.63) is 41.7 Å². The zero-order chi connectivity index (χ0) is 19.1. The molecule has 0 spiro atoms. The number of amides is 2. The summed E-state index contributed by atoms with van der Waals surface area (Å²) in [6, 6.07) is 3.82. The van der Waals surface area contributed by atoms with Crippen molar-refractivity contribution in [2.75, 3.05) is 19.6 Å². The van der Waals surface area contributed by atoms with Gasteiger partial charge in [0.25, 0.3) is 0 Å². The van der Waals surface area contributed by atoms with Gasteiger partial charge >= 0.3 is 0 Å². The summed E-state index contributed by atoms with van der Waals surface area (Å²) in [5.74, 6) is 2.37. The molecule has 1 aliphatic carbocycles. The van der Waals surface area contributed by atoms with Gasteiger partial charge in [0, 0.05) is 57.3 Å². The minimum Gasteiger partial charge on any atom is -0.340 e. The standard InChI is InChI=1S/C20H24N6O2/c27-18-10-16(13-25(18)12-14-2-1-6-21-11-14)20(28)24-7-5-17-22-19(15-3-4-15)23-26(17)9-8-24/h1-2,6,11,15-16H,3-5,7-10,12-13H2. The quantitative estimate of drug-likeness (QED) is 0.790. The average molecular weight is 380 g/mol. The molecular weight excluding hydrogens is 356 g/mol. The van der Waals surface area contributed by atoms with Gasteiger partial charge in [-0.15, -0.1) is 0 Å². The molecule has 0 aromatic carbocycles. The van der Waals surface area contributed by atoms with E-state index in [1.165, 1.54) is 12.8 Å². The zero-order valence-electron chi connectivity index (χ0n) is 15.8. The maximum absolute atomic E-state index is 13.0. The Hall–Kier alpha value is -2.77. The van der Waals surface area contributed by atoms with Crippen LogP contribution in [-0.2, 0) is 29.1 Å². The largest absolute Gasteiger partial charge is 0.340 e. The summed E-state index contributed by atoms with van der Waals surface area (Å²) in [6.07, 6.45) is 6.89. The minimum atomic E-state index is -0.260. The average Bonchev–Trinajstić information content (AvgIpc) is 3.43. The Bertz CT molecular complexity index is 866. The second-order valence-electron chi connectivity index (χ2n) is 8.00. The lowest BCUT2D eigenvalue weighted by Gasteiger charge is -2.23. The van der Waals surface area contributed by atoms with Crippen molar-refractivity contribution in [2.24, 2.45) is 5.92 Å². The molecule has 146 valence electrons. The fourth-order valence-electron chi connectivity index (χ4n) is 4.12. The fourth-order valence-corrected chi connectivity index (χ4v) is 4.12. The number of carbonyl (C=O) groups is 2. The van der Waals surface area contributed by atoms with Crippen LogP contribution in [0.2, 0.25) is 0 Å².